The van der Waals surface area contributed by atoms with Crippen molar-refractivity contribution < 1.29 is 9.00 Å². The average molecular weight is 295 g/mol. The summed E-state index contributed by atoms with van der Waals surface area (Å²) in [5, 5.41) is 3.03. The SMILES string of the molecule is CC(CS(C)=O)NC(=O)c1cc(Cl)nc(Cl)c1. The zero-order chi connectivity index (χ0) is 13.0. The van der Waals surface area contributed by atoms with Gasteiger partial charge in [0, 0.05) is 34.4 Å². The van der Waals surface area contributed by atoms with Crippen LogP contribution < -0.4 is 5.32 Å². The first-order chi connectivity index (χ1) is 7.88. The van der Waals surface area contributed by atoms with Gasteiger partial charge in [-0.3, -0.25) is 9.00 Å². The summed E-state index contributed by atoms with van der Waals surface area (Å²) in [5.74, 6) is 0.0901. The number of amides is 1. The van der Waals surface area contributed by atoms with Gasteiger partial charge in [-0.15, -0.1) is 0 Å². The fourth-order valence-electron chi connectivity index (χ4n) is 1.30. The topological polar surface area (TPSA) is 59.1 Å². The largest absolute Gasteiger partial charge is 0.349 e. The summed E-state index contributed by atoms with van der Waals surface area (Å²) in [6.07, 6.45) is 1.59. The maximum Gasteiger partial charge on any atom is 0.251 e. The summed E-state index contributed by atoms with van der Waals surface area (Å²) < 4.78 is 11.0. The molecule has 1 rings (SSSR count). The molecule has 1 aromatic rings. The lowest BCUT2D eigenvalue weighted by molar-refractivity contribution is 0.0943. The minimum Gasteiger partial charge on any atom is -0.349 e. The van der Waals surface area contributed by atoms with Gasteiger partial charge in [0.15, 0.2) is 0 Å². The minimum absolute atomic E-state index is 0.161. The molecule has 0 saturated carbocycles. The fourth-order valence-corrected chi connectivity index (χ4v) is 2.54. The predicted octanol–water partition coefficient (Wildman–Crippen LogP) is 1.89. The van der Waals surface area contributed by atoms with Crippen LogP contribution in [0.25, 0.3) is 0 Å². The van der Waals surface area contributed by atoms with Crippen LogP contribution in [-0.2, 0) is 10.8 Å². The second-order valence-electron chi connectivity index (χ2n) is 3.62. The van der Waals surface area contributed by atoms with E-state index < -0.39 is 10.8 Å². The molecule has 0 aliphatic rings. The molecule has 0 radical (unpaired) electrons. The molecule has 0 saturated heterocycles. The predicted molar refractivity (Wildman–Crippen MR) is 70.1 cm³/mol. The fraction of sp³-hybridized carbons (Fsp3) is 0.400. The molecule has 1 aromatic heterocycles. The van der Waals surface area contributed by atoms with Crippen LogP contribution in [0.2, 0.25) is 10.3 Å². The van der Waals surface area contributed by atoms with Crippen LogP contribution >= 0.6 is 23.2 Å². The van der Waals surface area contributed by atoms with Gasteiger partial charge in [0.2, 0.25) is 0 Å². The molecule has 0 aliphatic carbocycles. The van der Waals surface area contributed by atoms with E-state index >= 15 is 0 Å². The van der Waals surface area contributed by atoms with Gasteiger partial charge >= 0.3 is 0 Å². The lowest BCUT2D eigenvalue weighted by atomic mass is 10.2. The normalized spacial score (nSPS) is 14.1. The van der Waals surface area contributed by atoms with E-state index in [1.807, 2.05) is 0 Å². The van der Waals surface area contributed by atoms with Crippen molar-refractivity contribution in [2.45, 2.75) is 13.0 Å². The van der Waals surface area contributed by atoms with E-state index in [1.54, 1.807) is 13.2 Å². The van der Waals surface area contributed by atoms with Gasteiger partial charge in [0.25, 0.3) is 5.91 Å². The van der Waals surface area contributed by atoms with Gasteiger partial charge in [0.05, 0.1) is 0 Å². The third-order valence-electron chi connectivity index (χ3n) is 1.89. The molecule has 0 bridgehead atoms. The summed E-state index contributed by atoms with van der Waals surface area (Å²) in [5.41, 5.74) is 0.337. The van der Waals surface area contributed by atoms with Gasteiger partial charge in [-0.25, -0.2) is 4.98 Å². The molecule has 1 amide bonds. The van der Waals surface area contributed by atoms with Crippen LogP contribution in [0.1, 0.15) is 17.3 Å². The van der Waals surface area contributed by atoms with Gasteiger partial charge in [-0.1, -0.05) is 23.2 Å². The van der Waals surface area contributed by atoms with E-state index in [0.717, 1.165) is 0 Å². The molecule has 0 spiro atoms. The number of hydrogen-bond donors (Lipinski definition) is 1. The highest BCUT2D eigenvalue weighted by atomic mass is 35.5. The number of nitrogens with zero attached hydrogens (tertiary/aromatic N) is 1. The molecule has 4 nitrogen and oxygen atoms in total. The second kappa shape index (κ2) is 6.33. The second-order valence-corrected chi connectivity index (χ2v) is 5.87. The molecule has 0 fully saturated rings. The smallest absolute Gasteiger partial charge is 0.251 e. The van der Waals surface area contributed by atoms with Crippen LogP contribution in [-0.4, -0.2) is 33.2 Å². The van der Waals surface area contributed by atoms with Crippen molar-refractivity contribution in [1.29, 1.82) is 0 Å². The molecule has 0 aromatic carbocycles. The monoisotopic (exact) mass is 294 g/mol. The highest BCUT2D eigenvalue weighted by Gasteiger charge is 2.12. The Morgan fingerprint density at radius 2 is 2.00 bits per heavy atom. The maximum absolute atomic E-state index is 11.8. The van der Waals surface area contributed by atoms with E-state index in [1.165, 1.54) is 12.1 Å². The van der Waals surface area contributed by atoms with Crippen molar-refractivity contribution in [2.24, 2.45) is 0 Å². The lowest BCUT2D eigenvalue weighted by Gasteiger charge is -2.12. The molecule has 7 heteroatoms. The van der Waals surface area contributed by atoms with Crippen molar-refractivity contribution in [3.63, 3.8) is 0 Å². The lowest BCUT2D eigenvalue weighted by Crippen LogP contribution is -2.36. The summed E-state index contributed by atoms with van der Waals surface area (Å²) in [6, 6.07) is 2.68. The third kappa shape index (κ3) is 5.02. The Morgan fingerprint density at radius 3 is 2.47 bits per heavy atom. The first-order valence-corrected chi connectivity index (χ1v) is 7.30. The minimum atomic E-state index is -0.956. The van der Waals surface area contributed by atoms with Crippen molar-refractivity contribution in [1.82, 2.24) is 10.3 Å². The van der Waals surface area contributed by atoms with Crippen molar-refractivity contribution >= 4 is 39.9 Å². The Morgan fingerprint density at radius 1 is 1.47 bits per heavy atom. The Kier molecular flexibility index (Phi) is 5.36. The quantitative estimate of drug-likeness (QED) is 0.863. The van der Waals surface area contributed by atoms with E-state index in [2.05, 4.69) is 10.3 Å². The van der Waals surface area contributed by atoms with Gasteiger partial charge in [-0.2, -0.15) is 0 Å². The summed E-state index contributed by atoms with van der Waals surface area (Å²) >= 11 is 11.4. The summed E-state index contributed by atoms with van der Waals surface area (Å²) in [7, 11) is -0.956. The molecule has 94 valence electrons. The number of nitrogens with one attached hydrogen (secondary N) is 1. The summed E-state index contributed by atoms with van der Waals surface area (Å²) in [6.45, 7) is 1.78. The number of aromatic nitrogens is 1. The standard InChI is InChI=1S/C10H12Cl2N2O2S/c1-6(5-17(2)16)13-10(15)7-3-8(11)14-9(12)4-7/h3-4,6H,5H2,1-2H3,(H,13,15). The van der Waals surface area contributed by atoms with Crippen LogP contribution in [0.5, 0.6) is 0 Å². The third-order valence-corrected chi connectivity index (χ3v) is 3.24. The molecule has 2 atom stereocenters. The Labute approximate surface area is 112 Å². The number of pyridine rings is 1. The highest BCUT2D eigenvalue weighted by molar-refractivity contribution is 7.84. The Hall–Kier alpha value is -0.650. The van der Waals surface area contributed by atoms with Crippen molar-refractivity contribution in [3.05, 3.63) is 28.0 Å². The molecule has 2 unspecified atom stereocenters. The molecular weight excluding hydrogens is 283 g/mol. The highest BCUT2D eigenvalue weighted by Crippen LogP contribution is 2.14. The number of carbonyl (C=O) groups is 1. The van der Waals surface area contributed by atoms with E-state index in [-0.39, 0.29) is 22.3 Å². The van der Waals surface area contributed by atoms with Crippen LogP contribution in [0.15, 0.2) is 12.1 Å². The van der Waals surface area contributed by atoms with Crippen LogP contribution in [0.4, 0.5) is 0 Å². The van der Waals surface area contributed by atoms with Gasteiger partial charge in [-0.05, 0) is 19.1 Å². The van der Waals surface area contributed by atoms with Gasteiger partial charge < -0.3 is 5.32 Å². The summed E-state index contributed by atoms with van der Waals surface area (Å²) in [4.78, 5) is 15.5. The molecule has 1 N–H and O–H groups in total. The number of hydrogen-bond acceptors (Lipinski definition) is 3. The zero-order valence-electron chi connectivity index (χ0n) is 9.37. The van der Waals surface area contributed by atoms with Crippen molar-refractivity contribution in [2.75, 3.05) is 12.0 Å². The van der Waals surface area contributed by atoms with Gasteiger partial charge in [0.1, 0.15) is 10.3 Å². The first kappa shape index (κ1) is 14.4. The maximum atomic E-state index is 11.8. The number of rotatable bonds is 4. The number of halogens is 2. The molecule has 17 heavy (non-hydrogen) atoms. The Bertz CT molecular complexity index is 434. The van der Waals surface area contributed by atoms with E-state index in [4.69, 9.17) is 23.2 Å². The van der Waals surface area contributed by atoms with E-state index in [9.17, 15) is 9.00 Å². The first-order valence-electron chi connectivity index (χ1n) is 4.82. The van der Waals surface area contributed by atoms with Crippen LogP contribution in [0.3, 0.4) is 0 Å². The zero-order valence-corrected chi connectivity index (χ0v) is 11.7. The number of carbonyl (C=O) groups excluding carboxylic acids is 1. The van der Waals surface area contributed by atoms with Crippen molar-refractivity contribution in [3.8, 4) is 0 Å². The average Bonchev–Trinajstić information content (AvgIpc) is 2.14. The molecular formula is C10H12Cl2N2O2S. The molecule has 1 heterocycles. The van der Waals surface area contributed by atoms with Crippen LogP contribution in [0, 0.1) is 0 Å². The van der Waals surface area contributed by atoms with E-state index in [0.29, 0.717) is 11.3 Å². The Balaban J connectivity index is 2.72. The molecule has 0 aliphatic heterocycles.